The summed E-state index contributed by atoms with van der Waals surface area (Å²) in [6, 6.07) is 18.8. The van der Waals surface area contributed by atoms with Gasteiger partial charge < -0.3 is 15.4 Å². The minimum atomic E-state index is -0.458. The highest BCUT2D eigenvalue weighted by Gasteiger charge is 2.38. The molecule has 1 unspecified atom stereocenters. The molecule has 4 rings (SSSR count). The van der Waals surface area contributed by atoms with Crippen molar-refractivity contribution in [2.75, 3.05) is 12.4 Å². The van der Waals surface area contributed by atoms with Crippen LogP contribution in [0.4, 0.5) is 5.82 Å². The molecular weight excluding hydrogens is 424 g/mol. The molecule has 0 saturated heterocycles. The predicted octanol–water partition coefficient (Wildman–Crippen LogP) is 5.77. The quantitative estimate of drug-likeness (QED) is 0.448. The number of rotatable bonds is 8. The van der Waals surface area contributed by atoms with Gasteiger partial charge in [0, 0.05) is 7.11 Å². The van der Waals surface area contributed by atoms with Crippen molar-refractivity contribution in [1.82, 2.24) is 15.1 Å². The fourth-order valence-electron chi connectivity index (χ4n) is 5.08. The van der Waals surface area contributed by atoms with Crippen LogP contribution in [-0.2, 0) is 22.4 Å². The molecule has 2 N–H and O–H groups in total. The molecule has 0 spiro atoms. The Morgan fingerprint density at radius 3 is 2.44 bits per heavy atom. The molecule has 1 aliphatic heterocycles. The average Bonchev–Trinajstić information content (AvgIpc) is 3.29. The van der Waals surface area contributed by atoms with E-state index in [1.54, 1.807) is 13.3 Å². The smallest absolute Gasteiger partial charge is 0.257 e. The maximum Gasteiger partial charge on any atom is 0.257 e. The minimum absolute atomic E-state index is 0.108. The second-order valence-electron chi connectivity index (χ2n) is 9.82. The van der Waals surface area contributed by atoms with Crippen LogP contribution in [0.25, 0.3) is 0 Å². The number of nitrogens with zero attached hydrogens (tertiary/aromatic N) is 2. The maximum atomic E-state index is 13.7. The second kappa shape index (κ2) is 9.63. The second-order valence-corrected chi connectivity index (χ2v) is 9.82. The van der Waals surface area contributed by atoms with Crippen LogP contribution in [0.3, 0.4) is 0 Å². The van der Waals surface area contributed by atoms with Gasteiger partial charge in [0.05, 0.1) is 29.9 Å². The van der Waals surface area contributed by atoms with E-state index in [2.05, 4.69) is 92.0 Å². The van der Waals surface area contributed by atoms with E-state index in [9.17, 15) is 4.79 Å². The Hall–Kier alpha value is -3.12. The molecule has 1 aliphatic rings. The Kier molecular flexibility index (Phi) is 6.80. The van der Waals surface area contributed by atoms with E-state index in [-0.39, 0.29) is 17.5 Å². The molecule has 34 heavy (non-hydrogen) atoms. The first kappa shape index (κ1) is 24.0. The Balaban J connectivity index is 1.64. The molecule has 6 heteroatoms. The number of ether oxygens (including phenoxy) is 1. The molecule has 0 fully saturated rings. The van der Waals surface area contributed by atoms with Crippen LogP contribution >= 0.6 is 0 Å². The molecule has 0 bridgehead atoms. The number of hydrogen-bond acceptors (Lipinski definition) is 4. The molecule has 0 saturated carbocycles. The van der Waals surface area contributed by atoms with Gasteiger partial charge in [-0.1, -0.05) is 68.4 Å². The molecule has 2 heterocycles. The van der Waals surface area contributed by atoms with E-state index in [4.69, 9.17) is 4.74 Å². The van der Waals surface area contributed by atoms with Crippen molar-refractivity contribution in [3.8, 4) is 0 Å². The van der Waals surface area contributed by atoms with Crippen LogP contribution in [0, 0.1) is 0 Å². The Labute approximate surface area is 202 Å². The third-order valence-electron chi connectivity index (χ3n) is 7.18. The van der Waals surface area contributed by atoms with Gasteiger partial charge >= 0.3 is 0 Å². The number of fused-ring (bicyclic) bond motifs is 1. The highest BCUT2D eigenvalue weighted by atomic mass is 16.5. The largest absolute Gasteiger partial charge is 0.380 e. The van der Waals surface area contributed by atoms with Crippen LogP contribution in [0.2, 0.25) is 0 Å². The lowest BCUT2D eigenvalue weighted by Crippen LogP contribution is -2.45. The fourth-order valence-corrected chi connectivity index (χ4v) is 5.08. The summed E-state index contributed by atoms with van der Waals surface area (Å²) >= 11 is 0. The summed E-state index contributed by atoms with van der Waals surface area (Å²) in [7, 11) is 1.70. The number of anilines is 1. The number of carbonyl (C=O) groups excluding carboxylic acids is 1. The van der Waals surface area contributed by atoms with E-state index in [1.165, 1.54) is 5.56 Å². The number of carbonyl (C=O) groups is 1. The molecule has 1 atom stereocenters. The average molecular weight is 461 g/mol. The Morgan fingerprint density at radius 1 is 1.15 bits per heavy atom. The van der Waals surface area contributed by atoms with E-state index in [0.717, 1.165) is 36.2 Å². The number of amides is 1. The lowest BCUT2D eigenvalue weighted by molar-refractivity contribution is 0.0890. The number of benzene rings is 2. The summed E-state index contributed by atoms with van der Waals surface area (Å²) in [5.41, 5.74) is 3.33. The molecule has 0 radical (unpaired) electrons. The van der Waals surface area contributed by atoms with Crippen LogP contribution < -0.4 is 10.6 Å². The summed E-state index contributed by atoms with van der Waals surface area (Å²) in [6.07, 6.45) is 4.15. The lowest BCUT2D eigenvalue weighted by atomic mass is 9.84. The summed E-state index contributed by atoms with van der Waals surface area (Å²) < 4.78 is 7.20. The zero-order valence-corrected chi connectivity index (χ0v) is 20.9. The lowest BCUT2D eigenvalue weighted by Gasteiger charge is -2.38. The number of nitrogens with one attached hydrogen (secondary N) is 2. The van der Waals surface area contributed by atoms with Gasteiger partial charge in [0.15, 0.2) is 0 Å². The zero-order chi connectivity index (χ0) is 24.3. The number of aromatic nitrogens is 2. The molecule has 6 nitrogen and oxygen atoms in total. The van der Waals surface area contributed by atoms with E-state index in [1.807, 2.05) is 10.7 Å². The summed E-state index contributed by atoms with van der Waals surface area (Å²) in [5.74, 6) is 0.669. The molecular formula is C28H36N4O2. The van der Waals surface area contributed by atoms with Crippen molar-refractivity contribution in [1.29, 1.82) is 0 Å². The van der Waals surface area contributed by atoms with E-state index < -0.39 is 5.54 Å². The minimum Gasteiger partial charge on any atom is -0.380 e. The first-order valence-electron chi connectivity index (χ1n) is 12.1. The fraction of sp³-hybridized carbons (Fsp3) is 0.429. The first-order valence-corrected chi connectivity index (χ1v) is 12.1. The highest BCUT2D eigenvalue weighted by molar-refractivity contribution is 5.99. The van der Waals surface area contributed by atoms with Crippen LogP contribution in [0.5, 0.6) is 0 Å². The van der Waals surface area contributed by atoms with Crippen LogP contribution in [0.1, 0.15) is 80.0 Å². The van der Waals surface area contributed by atoms with Gasteiger partial charge in [-0.2, -0.15) is 5.10 Å². The van der Waals surface area contributed by atoms with Crippen LogP contribution in [0.15, 0.2) is 60.8 Å². The van der Waals surface area contributed by atoms with Gasteiger partial charge in [-0.05, 0) is 49.8 Å². The topological polar surface area (TPSA) is 68.2 Å². The zero-order valence-electron chi connectivity index (χ0n) is 20.9. The van der Waals surface area contributed by atoms with Gasteiger partial charge in [-0.15, -0.1) is 0 Å². The molecule has 0 aliphatic carbocycles. The maximum absolute atomic E-state index is 13.7. The normalized spacial score (nSPS) is 17.0. The molecule has 180 valence electrons. The van der Waals surface area contributed by atoms with Crippen molar-refractivity contribution in [3.63, 3.8) is 0 Å². The summed E-state index contributed by atoms with van der Waals surface area (Å²) in [6.45, 7) is 9.16. The highest BCUT2D eigenvalue weighted by Crippen LogP contribution is 2.40. The standard InChI is InChI=1S/C28H36N4O2/c1-6-28(7-2,22-15-13-20(14-16-22)19-34-5)31-26(33)23-18-29-32-25(23)30-24(17-27(32,3)4)21-11-9-8-10-12-21/h8-16,18,24,30H,6-7,17,19H2,1-5H3,(H,31,33). The SMILES string of the molecule is CCC(CC)(NC(=O)c1cnn2c1NC(c1ccccc1)CC2(C)C)c1ccc(COC)cc1. The number of hydrogen-bond donors (Lipinski definition) is 2. The Bertz CT molecular complexity index is 1120. The van der Waals surface area contributed by atoms with E-state index in [0.29, 0.717) is 12.2 Å². The van der Waals surface area contributed by atoms with Crippen LogP contribution in [-0.4, -0.2) is 22.8 Å². The third-order valence-corrected chi connectivity index (χ3v) is 7.18. The molecule has 3 aromatic rings. The van der Waals surface area contributed by atoms with Gasteiger partial charge in [0.1, 0.15) is 11.4 Å². The molecule has 1 amide bonds. The third kappa shape index (κ3) is 4.47. The number of methoxy groups -OCH3 is 1. The van der Waals surface area contributed by atoms with Crippen molar-refractivity contribution in [2.24, 2.45) is 0 Å². The van der Waals surface area contributed by atoms with Gasteiger partial charge in [-0.3, -0.25) is 4.79 Å². The van der Waals surface area contributed by atoms with E-state index >= 15 is 0 Å². The van der Waals surface area contributed by atoms with Crippen molar-refractivity contribution in [3.05, 3.63) is 83.0 Å². The Morgan fingerprint density at radius 2 is 1.82 bits per heavy atom. The van der Waals surface area contributed by atoms with Gasteiger partial charge in [0.2, 0.25) is 0 Å². The van der Waals surface area contributed by atoms with Gasteiger partial charge in [0.25, 0.3) is 5.91 Å². The van der Waals surface area contributed by atoms with Crippen molar-refractivity contribution < 1.29 is 9.53 Å². The van der Waals surface area contributed by atoms with Gasteiger partial charge in [-0.25, -0.2) is 4.68 Å². The molecule has 1 aromatic heterocycles. The first-order chi connectivity index (χ1) is 16.3. The molecule has 2 aromatic carbocycles. The summed E-state index contributed by atoms with van der Waals surface area (Å²) in [4.78, 5) is 13.7. The van der Waals surface area contributed by atoms with Crippen molar-refractivity contribution >= 4 is 11.7 Å². The summed E-state index contributed by atoms with van der Waals surface area (Å²) in [5, 5.41) is 11.6. The van der Waals surface area contributed by atoms with Crippen molar-refractivity contribution in [2.45, 2.75) is 70.7 Å². The monoisotopic (exact) mass is 460 g/mol. The predicted molar refractivity (Wildman–Crippen MR) is 136 cm³/mol.